The summed E-state index contributed by atoms with van der Waals surface area (Å²) in [4.78, 5) is 0. The van der Waals surface area contributed by atoms with E-state index in [1.807, 2.05) is 0 Å². The molecule has 0 aromatic rings. The van der Waals surface area contributed by atoms with Gasteiger partial charge in [-0.3, -0.25) is 0 Å². The molecule has 2 rings (SSSR count). The first-order valence-electron chi connectivity index (χ1n) is 7.89. The highest BCUT2D eigenvalue weighted by molar-refractivity contribution is 5.12. The van der Waals surface area contributed by atoms with Crippen LogP contribution >= 0.6 is 0 Å². The number of hydrogen-bond donors (Lipinski definition) is 1. The van der Waals surface area contributed by atoms with E-state index in [4.69, 9.17) is 4.74 Å². The third-order valence-corrected chi connectivity index (χ3v) is 4.30. The van der Waals surface area contributed by atoms with Crippen molar-refractivity contribution in [1.29, 1.82) is 0 Å². The minimum Gasteiger partial charge on any atom is -0.381 e. The molecule has 0 aromatic carbocycles. The maximum Gasteiger partial charge on any atom is 0.0529 e. The Morgan fingerprint density at radius 1 is 1.22 bits per heavy atom. The van der Waals surface area contributed by atoms with E-state index in [9.17, 15) is 0 Å². The Morgan fingerprint density at radius 2 is 2.06 bits per heavy atom. The van der Waals surface area contributed by atoms with E-state index in [2.05, 4.69) is 18.3 Å². The fourth-order valence-corrected chi connectivity index (χ4v) is 3.21. The first kappa shape index (κ1) is 14.1. The molecule has 1 heterocycles. The topological polar surface area (TPSA) is 21.3 Å². The van der Waals surface area contributed by atoms with Crippen molar-refractivity contribution in [2.24, 2.45) is 11.8 Å². The van der Waals surface area contributed by atoms with Crippen molar-refractivity contribution >= 4 is 0 Å². The molecule has 2 aliphatic rings. The zero-order chi connectivity index (χ0) is 12.6. The van der Waals surface area contributed by atoms with Gasteiger partial charge in [-0.15, -0.1) is 0 Å². The quantitative estimate of drug-likeness (QED) is 0.576. The molecule has 0 spiro atoms. The molecule has 0 bridgehead atoms. The highest BCUT2D eigenvalue weighted by atomic mass is 16.5. The zero-order valence-corrected chi connectivity index (χ0v) is 11.9. The van der Waals surface area contributed by atoms with E-state index in [-0.39, 0.29) is 0 Å². The summed E-state index contributed by atoms with van der Waals surface area (Å²) in [6.45, 7) is 6.40. The predicted octanol–water partition coefficient (Wildman–Crippen LogP) is 3.53. The molecule has 1 saturated heterocycles. The molecule has 2 heteroatoms. The third kappa shape index (κ3) is 4.40. The van der Waals surface area contributed by atoms with Gasteiger partial charge >= 0.3 is 0 Å². The van der Waals surface area contributed by atoms with Crippen molar-refractivity contribution in [2.75, 3.05) is 26.3 Å². The van der Waals surface area contributed by atoms with Gasteiger partial charge in [0, 0.05) is 19.1 Å². The normalized spacial score (nSPS) is 26.7. The summed E-state index contributed by atoms with van der Waals surface area (Å²) in [5, 5.41) is 3.60. The van der Waals surface area contributed by atoms with Crippen molar-refractivity contribution in [2.45, 2.75) is 51.9 Å². The van der Waals surface area contributed by atoms with Crippen LogP contribution in [0.1, 0.15) is 51.9 Å². The van der Waals surface area contributed by atoms with Crippen LogP contribution < -0.4 is 5.32 Å². The average Bonchev–Trinajstić information content (AvgIpc) is 2.92. The lowest BCUT2D eigenvalue weighted by Gasteiger charge is -2.26. The van der Waals surface area contributed by atoms with Crippen LogP contribution in [0.2, 0.25) is 0 Å². The van der Waals surface area contributed by atoms with Gasteiger partial charge in [0.15, 0.2) is 0 Å². The maximum atomic E-state index is 5.51. The molecular formula is C16H29NO. The lowest BCUT2D eigenvalue weighted by molar-refractivity contribution is 0.191. The van der Waals surface area contributed by atoms with Crippen LogP contribution in [0.3, 0.4) is 0 Å². The molecular weight excluding hydrogens is 222 g/mol. The summed E-state index contributed by atoms with van der Waals surface area (Å²) in [5.41, 5.74) is 1.68. The van der Waals surface area contributed by atoms with Crippen LogP contribution in [-0.4, -0.2) is 26.3 Å². The summed E-state index contributed by atoms with van der Waals surface area (Å²) < 4.78 is 5.51. The second kappa shape index (κ2) is 7.96. The molecule has 2 nitrogen and oxygen atoms in total. The van der Waals surface area contributed by atoms with Gasteiger partial charge in [0.1, 0.15) is 0 Å². The fourth-order valence-electron chi connectivity index (χ4n) is 3.21. The largest absolute Gasteiger partial charge is 0.381 e. The molecule has 2 fully saturated rings. The zero-order valence-electron chi connectivity index (χ0n) is 11.9. The molecule has 1 aliphatic carbocycles. The van der Waals surface area contributed by atoms with Crippen molar-refractivity contribution in [3.63, 3.8) is 0 Å². The number of nitrogens with one attached hydrogen (secondary N) is 1. The Bertz CT molecular complexity index is 250. The summed E-state index contributed by atoms with van der Waals surface area (Å²) in [6.07, 6.45) is 12.1. The van der Waals surface area contributed by atoms with Gasteiger partial charge in [-0.1, -0.05) is 37.8 Å². The van der Waals surface area contributed by atoms with E-state index >= 15 is 0 Å². The van der Waals surface area contributed by atoms with Crippen LogP contribution in [0.15, 0.2) is 11.6 Å². The van der Waals surface area contributed by atoms with Gasteiger partial charge in [-0.05, 0) is 38.1 Å². The van der Waals surface area contributed by atoms with E-state index in [0.717, 1.165) is 32.2 Å². The lowest BCUT2D eigenvalue weighted by atomic mass is 9.82. The molecule has 1 unspecified atom stereocenters. The number of hydrogen-bond acceptors (Lipinski definition) is 2. The predicted molar refractivity (Wildman–Crippen MR) is 76.7 cm³/mol. The summed E-state index contributed by atoms with van der Waals surface area (Å²) in [6, 6.07) is 0. The Balaban J connectivity index is 1.91. The van der Waals surface area contributed by atoms with Crippen molar-refractivity contribution in [1.82, 2.24) is 5.32 Å². The van der Waals surface area contributed by atoms with Crippen LogP contribution in [0.4, 0.5) is 0 Å². The summed E-state index contributed by atoms with van der Waals surface area (Å²) in [5.74, 6) is 1.54. The number of rotatable bonds is 6. The minimum absolute atomic E-state index is 0.686. The first-order chi connectivity index (χ1) is 8.90. The van der Waals surface area contributed by atoms with Crippen LogP contribution in [0.5, 0.6) is 0 Å². The Morgan fingerprint density at radius 3 is 2.72 bits per heavy atom. The van der Waals surface area contributed by atoms with Gasteiger partial charge in [-0.25, -0.2) is 0 Å². The van der Waals surface area contributed by atoms with Crippen LogP contribution in [0.25, 0.3) is 0 Å². The second-order valence-electron chi connectivity index (χ2n) is 5.88. The van der Waals surface area contributed by atoms with Gasteiger partial charge in [-0.2, -0.15) is 0 Å². The lowest BCUT2D eigenvalue weighted by Crippen LogP contribution is -2.23. The van der Waals surface area contributed by atoms with Crippen molar-refractivity contribution in [3.05, 3.63) is 11.6 Å². The molecule has 104 valence electrons. The molecule has 1 aliphatic heterocycles. The highest BCUT2D eigenvalue weighted by Gasteiger charge is 2.20. The van der Waals surface area contributed by atoms with Gasteiger partial charge in [0.25, 0.3) is 0 Å². The smallest absolute Gasteiger partial charge is 0.0529 e. The fraction of sp³-hybridized carbons (Fsp3) is 0.875. The van der Waals surface area contributed by atoms with Gasteiger partial charge < -0.3 is 10.1 Å². The molecule has 0 amide bonds. The standard InChI is InChI=1S/C16H29NO/c1-2-9-17-12-16(11-14-8-10-18-13-14)15-6-4-3-5-7-15/h11,14-15,17H,2-10,12-13H2,1H3. The van der Waals surface area contributed by atoms with E-state index in [1.54, 1.807) is 5.57 Å². The van der Waals surface area contributed by atoms with Crippen molar-refractivity contribution < 1.29 is 4.74 Å². The molecule has 0 aromatic heterocycles. The monoisotopic (exact) mass is 251 g/mol. The second-order valence-corrected chi connectivity index (χ2v) is 5.88. The minimum atomic E-state index is 0.686. The van der Waals surface area contributed by atoms with E-state index < -0.39 is 0 Å². The van der Waals surface area contributed by atoms with Gasteiger partial charge in [0.2, 0.25) is 0 Å². The van der Waals surface area contributed by atoms with Gasteiger partial charge in [0.05, 0.1) is 6.61 Å². The first-order valence-corrected chi connectivity index (χ1v) is 7.89. The van der Waals surface area contributed by atoms with E-state index in [0.29, 0.717) is 5.92 Å². The van der Waals surface area contributed by atoms with E-state index in [1.165, 1.54) is 44.9 Å². The van der Waals surface area contributed by atoms with Crippen molar-refractivity contribution in [3.8, 4) is 0 Å². The number of ether oxygens (including phenoxy) is 1. The molecule has 1 saturated carbocycles. The molecule has 0 radical (unpaired) electrons. The maximum absolute atomic E-state index is 5.51. The Kier molecular flexibility index (Phi) is 6.22. The Labute approximate surface area is 112 Å². The SMILES string of the molecule is CCCNCC(=CC1CCOC1)C1CCCCC1. The molecule has 1 atom stereocenters. The average molecular weight is 251 g/mol. The summed E-state index contributed by atoms with van der Waals surface area (Å²) in [7, 11) is 0. The third-order valence-electron chi connectivity index (χ3n) is 4.30. The summed E-state index contributed by atoms with van der Waals surface area (Å²) >= 11 is 0. The highest BCUT2D eigenvalue weighted by Crippen LogP contribution is 2.31. The van der Waals surface area contributed by atoms with Crippen LogP contribution in [-0.2, 0) is 4.74 Å². The molecule has 1 N–H and O–H groups in total. The van der Waals surface area contributed by atoms with Crippen LogP contribution in [0, 0.1) is 11.8 Å². The Hall–Kier alpha value is -0.340. The molecule has 18 heavy (non-hydrogen) atoms.